The van der Waals surface area contributed by atoms with Crippen molar-refractivity contribution in [2.75, 3.05) is 13.2 Å². The van der Waals surface area contributed by atoms with Crippen LogP contribution in [0, 0.1) is 0 Å². The van der Waals surface area contributed by atoms with Crippen LogP contribution < -0.4 is 0 Å². The van der Waals surface area contributed by atoms with Crippen molar-refractivity contribution >= 4 is 5.91 Å². The minimum Gasteiger partial charge on any atom is -0.373 e. The van der Waals surface area contributed by atoms with Gasteiger partial charge >= 0.3 is 0 Å². The van der Waals surface area contributed by atoms with Gasteiger partial charge in [-0.05, 0) is 43.0 Å². The molecule has 0 bridgehead atoms. The molecule has 0 aliphatic carbocycles. The number of amides is 1. The zero-order valence-electron chi connectivity index (χ0n) is 16.4. The molecule has 1 aromatic carbocycles. The van der Waals surface area contributed by atoms with Gasteiger partial charge in [0.15, 0.2) is 0 Å². The van der Waals surface area contributed by atoms with Crippen LogP contribution >= 0.6 is 0 Å². The zero-order valence-corrected chi connectivity index (χ0v) is 16.4. The maximum absolute atomic E-state index is 12.9. The Labute approximate surface area is 170 Å². The van der Waals surface area contributed by atoms with E-state index in [0.29, 0.717) is 18.8 Å². The maximum atomic E-state index is 12.9. The van der Waals surface area contributed by atoms with Crippen molar-refractivity contribution in [1.29, 1.82) is 0 Å². The van der Waals surface area contributed by atoms with E-state index < -0.39 is 0 Å². The first kappa shape index (κ1) is 19.2. The van der Waals surface area contributed by atoms with Gasteiger partial charge < -0.3 is 9.64 Å². The van der Waals surface area contributed by atoms with Gasteiger partial charge in [0, 0.05) is 43.3 Å². The van der Waals surface area contributed by atoms with Gasteiger partial charge in [-0.1, -0.05) is 30.3 Å². The number of nitrogens with zero attached hydrogens (tertiary/aromatic N) is 4. The topological polar surface area (TPSA) is 68.2 Å². The maximum Gasteiger partial charge on any atom is 0.272 e. The lowest BCUT2D eigenvalue weighted by Gasteiger charge is -2.37. The summed E-state index contributed by atoms with van der Waals surface area (Å²) in [6, 6.07) is 13.9. The molecule has 1 fully saturated rings. The van der Waals surface area contributed by atoms with Crippen molar-refractivity contribution in [2.24, 2.45) is 0 Å². The van der Waals surface area contributed by atoms with Crippen LogP contribution in [0.25, 0.3) is 11.1 Å². The highest BCUT2D eigenvalue weighted by molar-refractivity contribution is 5.92. The number of carbonyl (C=O) groups is 1. The second-order valence-electron chi connectivity index (χ2n) is 7.09. The van der Waals surface area contributed by atoms with Crippen molar-refractivity contribution in [1.82, 2.24) is 19.9 Å². The summed E-state index contributed by atoms with van der Waals surface area (Å²) in [5.41, 5.74) is 3.67. The summed E-state index contributed by atoms with van der Waals surface area (Å²) in [4.78, 5) is 27.2. The Morgan fingerprint density at radius 2 is 1.90 bits per heavy atom. The molecule has 0 unspecified atom stereocenters. The van der Waals surface area contributed by atoms with E-state index in [1.807, 2.05) is 24.0 Å². The molecule has 0 saturated carbocycles. The Hall–Kier alpha value is -3.12. The molecule has 3 aromatic rings. The molecule has 29 heavy (non-hydrogen) atoms. The molecule has 0 spiro atoms. The standard InChI is InChI=1S/C23H24N4O2/c1-2-27(23(28)21-5-3-4-11-26-21)20-10-12-29-22(13-20)18-8-6-17(7-9-18)19-14-24-16-25-15-19/h3-9,11,14-16,20,22H,2,10,12-13H2,1H3/t20-,22+/m0/s1. The number of carbonyl (C=O) groups excluding carboxylic acids is 1. The van der Waals surface area contributed by atoms with Crippen LogP contribution in [0.15, 0.2) is 67.4 Å². The van der Waals surface area contributed by atoms with Gasteiger partial charge in [-0.3, -0.25) is 9.78 Å². The van der Waals surface area contributed by atoms with Gasteiger partial charge in [-0.2, -0.15) is 0 Å². The lowest BCUT2D eigenvalue weighted by molar-refractivity contribution is -0.0232. The van der Waals surface area contributed by atoms with Crippen LogP contribution in [-0.4, -0.2) is 45.0 Å². The number of aromatic nitrogens is 3. The number of hydrogen-bond acceptors (Lipinski definition) is 5. The van der Waals surface area contributed by atoms with E-state index in [0.717, 1.165) is 29.5 Å². The molecule has 2 atom stereocenters. The third kappa shape index (κ3) is 4.32. The Morgan fingerprint density at radius 1 is 1.10 bits per heavy atom. The lowest BCUT2D eigenvalue weighted by Crippen LogP contribution is -2.44. The third-order valence-corrected chi connectivity index (χ3v) is 5.36. The van der Waals surface area contributed by atoms with E-state index in [1.165, 1.54) is 6.33 Å². The van der Waals surface area contributed by atoms with E-state index in [-0.39, 0.29) is 18.1 Å². The van der Waals surface area contributed by atoms with Crippen LogP contribution in [0.2, 0.25) is 0 Å². The monoisotopic (exact) mass is 388 g/mol. The largest absolute Gasteiger partial charge is 0.373 e. The molecule has 2 aromatic heterocycles. The number of pyridine rings is 1. The van der Waals surface area contributed by atoms with Crippen molar-refractivity contribution in [3.05, 3.63) is 78.6 Å². The summed E-state index contributed by atoms with van der Waals surface area (Å²) in [7, 11) is 0. The number of benzene rings is 1. The van der Waals surface area contributed by atoms with Gasteiger partial charge in [0.1, 0.15) is 12.0 Å². The smallest absolute Gasteiger partial charge is 0.272 e. The van der Waals surface area contributed by atoms with Crippen molar-refractivity contribution in [2.45, 2.75) is 31.9 Å². The van der Waals surface area contributed by atoms with E-state index in [1.54, 1.807) is 24.7 Å². The predicted octanol–water partition coefficient (Wildman–Crippen LogP) is 3.92. The summed E-state index contributed by atoms with van der Waals surface area (Å²) in [5, 5.41) is 0. The van der Waals surface area contributed by atoms with Crippen LogP contribution in [0.1, 0.15) is 41.9 Å². The van der Waals surface area contributed by atoms with E-state index in [4.69, 9.17) is 4.74 Å². The molecular formula is C23H24N4O2. The van der Waals surface area contributed by atoms with Gasteiger partial charge in [-0.15, -0.1) is 0 Å². The number of ether oxygens (including phenoxy) is 1. The highest BCUT2D eigenvalue weighted by Crippen LogP contribution is 2.32. The fraction of sp³-hybridized carbons (Fsp3) is 0.304. The second-order valence-corrected chi connectivity index (χ2v) is 7.09. The average molecular weight is 388 g/mol. The average Bonchev–Trinajstić information content (AvgIpc) is 2.81. The summed E-state index contributed by atoms with van der Waals surface area (Å²) in [6.07, 6.45) is 8.38. The molecule has 1 aliphatic rings. The number of rotatable bonds is 5. The summed E-state index contributed by atoms with van der Waals surface area (Å²) in [6.45, 7) is 3.30. The first-order chi connectivity index (χ1) is 14.3. The van der Waals surface area contributed by atoms with E-state index >= 15 is 0 Å². The van der Waals surface area contributed by atoms with E-state index in [2.05, 4.69) is 39.2 Å². The predicted molar refractivity (Wildman–Crippen MR) is 110 cm³/mol. The quantitative estimate of drug-likeness (QED) is 0.663. The van der Waals surface area contributed by atoms with Gasteiger partial charge in [0.05, 0.1) is 6.10 Å². The Balaban J connectivity index is 1.48. The van der Waals surface area contributed by atoms with Crippen LogP contribution in [-0.2, 0) is 4.74 Å². The third-order valence-electron chi connectivity index (χ3n) is 5.36. The van der Waals surface area contributed by atoms with Crippen molar-refractivity contribution in [3.8, 4) is 11.1 Å². The molecule has 6 nitrogen and oxygen atoms in total. The number of hydrogen-bond donors (Lipinski definition) is 0. The van der Waals surface area contributed by atoms with Crippen LogP contribution in [0.4, 0.5) is 0 Å². The fourth-order valence-corrected chi connectivity index (χ4v) is 3.84. The Kier molecular flexibility index (Phi) is 5.91. The Bertz CT molecular complexity index is 932. The fourth-order valence-electron chi connectivity index (χ4n) is 3.84. The SMILES string of the molecule is CCN(C(=O)c1ccccn1)[C@H]1CCO[C@@H](c2ccc(-c3cncnc3)cc2)C1. The normalized spacial score (nSPS) is 18.9. The van der Waals surface area contributed by atoms with Crippen molar-refractivity contribution < 1.29 is 9.53 Å². The summed E-state index contributed by atoms with van der Waals surface area (Å²) < 4.78 is 6.04. The summed E-state index contributed by atoms with van der Waals surface area (Å²) in [5.74, 6) is -0.0156. The van der Waals surface area contributed by atoms with Crippen LogP contribution in [0.5, 0.6) is 0 Å². The van der Waals surface area contributed by atoms with Gasteiger partial charge in [0.25, 0.3) is 5.91 Å². The molecule has 0 radical (unpaired) electrons. The van der Waals surface area contributed by atoms with Crippen molar-refractivity contribution in [3.63, 3.8) is 0 Å². The molecule has 1 amide bonds. The molecule has 4 rings (SSSR count). The highest BCUT2D eigenvalue weighted by atomic mass is 16.5. The molecule has 148 valence electrons. The molecule has 1 aliphatic heterocycles. The highest BCUT2D eigenvalue weighted by Gasteiger charge is 2.31. The molecule has 3 heterocycles. The zero-order chi connectivity index (χ0) is 20.1. The minimum atomic E-state index is -0.0274. The first-order valence-corrected chi connectivity index (χ1v) is 9.95. The minimum absolute atomic E-state index is 0.0156. The van der Waals surface area contributed by atoms with Gasteiger partial charge in [-0.25, -0.2) is 9.97 Å². The molecular weight excluding hydrogens is 364 g/mol. The second kappa shape index (κ2) is 8.92. The first-order valence-electron chi connectivity index (χ1n) is 9.95. The Morgan fingerprint density at radius 3 is 2.59 bits per heavy atom. The molecule has 0 N–H and O–H groups in total. The van der Waals surface area contributed by atoms with Crippen LogP contribution in [0.3, 0.4) is 0 Å². The lowest BCUT2D eigenvalue weighted by atomic mass is 9.95. The molecule has 1 saturated heterocycles. The van der Waals surface area contributed by atoms with Gasteiger partial charge in [0.2, 0.25) is 0 Å². The van der Waals surface area contributed by atoms with E-state index in [9.17, 15) is 4.79 Å². The summed E-state index contributed by atoms with van der Waals surface area (Å²) >= 11 is 0. The molecule has 6 heteroatoms.